The van der Waals surface area contributed by atoms with Crippen LogP contribution in [0.2, 0.25) is 0 Å². The molecular weight excluding hydrogens is 462 g/mol. The summed E-state index contributed by atoms with van der Waals surface area (Å²) in [5.74, 6) is 1.21. The number of ketones is 1. The number of hydrogen-bond acceptors (Lipinski definition) is 5. The van der Waals surface area contributed by atoms with Gasteiger partial charge in [-0.25, -0.2) is 4.98 Å². The molecule has 0 saturated carbocycles. The first-order valence-electron chi connectivity index (χ1n) is 12.1. The Morgan fingerprint density at radius 2 is 1.81 bits per heavy atom. The minimum Gasteiger partial charge on any atom is -0.460 e. The third kappa shape index (κ3) is 4.45. The summed E-state index contributed by atoms with van der Waals surface area (Å²) in [6.07, 6.45) is 2.65. The summed E-state index contributed by atoms with van der Waals surface area (Å²) < 4.78 is 5.93. The van der Waals surface area contributed by atoms with E-state index in [4.69, 9.17) is 9.40 Å². The summed E-state index contributed by atoms with van der Waals surface area (Å²) in [4.78, 5) is 38.5. The number of carbonyl (C=O) groups is 1. The Labute approximate surface area is 212 Å². The van der Waals surface area contributed by atoms with Gasteiger partial charge in [0.25, 0.3) is 0 Å². The summed E-state index contributed by atoms with van der Waals surface area (Å²) in [6.45, 7) is 1.87. The quantitative estimate of drug-likeness (QED) is 0.271. The van der Waals surface area contributed by atoms with E-state index in [1.54, 1.807) is 6.20 Å². The van der Waals surface area contributed by atoms with Crippen LogP contribution in [-0.2, 0) is 6.42 Å². The SMILES string of the molecule is Cc1ccc(-c2nc3[nH]c(C(=O)CCc4ccccc4)cc(=O)c3cc2-c2ccc3ncccc3c2)o1. The van der Waals surface area contributed by atoms with Gasteiger partial charge in [0.1, 0.15) is 17.1 Å². The molecule has 4 aromatic heterocycles. The molecule has 0 fully saturated rings. The Balaban J connectivity index is 1.46. The Morgan fingerprint density at radius 1 is 0.946 bits per heavy atom. The molecule has 0 saturated heterocycles. The van der Waals surface area contributed by atoms with Gasteiger partial charge in [-0.15, -0.1) is 0 Å². The van der Waals surface area contributed by atoms with E-state index < -0.39 is 0 Å². The molecule has 0 radical (unpaired) electrons. The fourth-order valence-electron chi connectivity index (χ4n) is 4.57. The predicted octanol–water partition coefficient (Wildman–Crippen LogP) is 6.52. The van der Waals surface area contributed by atoms with Crippen LogP contribution >= 0.6 is 0 Å². The van der Waals surface area contributed by atoms with E-state index in [2.05, 4.69) is 9.97 Å². The fourth-order valence-corrected chi connectivity index (χ4v) is 4.57. The van der Waals surface area contributed by atoms with Gasteiger partial charge in [0.05, 0.1) is 16.6 Å². The maximum absolute atomic E-state index is 13.2. The minimum absolute atomic E-state index is 0.133. The van der Waals surface area contributed by atoms with Crippen LogP contribution in [0.5, 0.6) is 0 Å². The van der Waals surface area contributed by atoms with Crippen LogP contribution in [-0.4, -0.2) is 20.7 Å². The summed E-state index contributed by atoms with van der Waals surface area (Å²) >= 11 is 0. The van der Waals surface area contributed by atoms with Crippen molar-refractivity contribution in [3.63, 3.8) is 0 Å². The van der Waals surface area contributed by atoms with Crippen molar-refractivity contribution in [2.75, 3.05) is 0 Å². The Morgan fingerprint density at radius 3 is 2.62 bits per heavy atom. The Bertz CT molecular complexity index is 1830. The number of furan rings is 1. The van der Waals surface area contributed by atoms with Crippen molar-refractivity contribution >= 4 is 27.7 Å². The van der Waals surface area contributed by atoms with Gasteiger partial charge in [0, 0.05) is 29.6 Å². The molecule has 0 aliphatic heterocycles. The van der Waals surface area contributed by atoms with Crippen molar-refractivity contribution in [2.24, 2.45) is 0 Å². The van der Waals surface area contributed by atoms with E-state index in [0.717, 1.165) is 33.4 Å². The zero-order chi connectivity index (χ0) is 25.4. The maximum atomic E-state index is 13.2. The van der Waals surface area contributed by atoms with Crippen LogP contribution in [0.1, 0.15) is 28.2 Å². The molecule has 0 spiro atoms. The van der Waals surface area contributed by atoms with E-state index >= 15 is 0 Å². The standard InChI is InChI=1S/C31H23N3O3/c1-19-9-14-29(37-19)30-23(21-11-12-25-22(16-21)8-5-15-32-25)17-24-28(36)18-26(33-31(24)34-30)27(35)13-10-20-6-3-2-4-7-20/h2-9,11-12,14-18H,10,13H2,1H3,(H,33,34,36). The molecule has 1 N–H and O–H groups in total. The lowest BCUT2D eigenvalue weighted by Crippen LogP contribution is -2.12. The van der Waals surface area contributed by atoms with Crippen molar-refractivity contribution in [1.82, 2.24) is 15.0 Å². The molecule has 0 atom stereocenters. The first-order chi connectivity index (χ1) is 18.0. The lowest BCUT2D eigenvalue weighted by Gasteiger charge is -2.11. The molecule has 0 aliphatic rings. The summed E-state index contributed by atoms with van der Waals surface area (Å²) in [7, 11) is 0. The number of nitrogens with one attached hydrogen (secondary N) is 1. The van der Waals surface area contributed by atoms with E-state index in [1.807, 2.05) is 85.8 Å². The van der Waals surface area contributed by atoms with Crippen LogP contribution in [0.15, 0.2) is 100 Å². The molecule has 6 rings (SSSR count). The van der Waals surface area contributed by atoms with Gasteiger partial charge in [-0.3, -0.25) is 14.6 Å². The number of aryl methyl sites for hydroxylation is 2. The number of hydrogen-bond donors (Lipinski definition) is 1. The number of benzene rings is 2. The first-order valence-corrected chi connectivity index (χ1v) is 12.1. The van der Waals surface area contributed by atoms with Crippen LogP contribution in [0.4, 0.5) is 0 Å². The third-order valence-electron chi connectivity index (χ3n) is 6.49. The number of H-pyrrole nitrogens is 1. The van der Waals surface area contributed by atoms with Crippen LogP contribution in [0, 0.1) is 6.92 Å². The second-order valence-corrected chi connectivity index (χ2v) is 9.06. The highest BCUT2D eigenvalue weighted by atomic mass is 16.3. The lowest BCUT2D eigenvalue weighted by atomic mass is 9.99. The highest BCUT2D eigenvalue weighted by Gasteiger charge is 2.18. The normalized spacial score (nSPS) is 11.3. The molecule has 6 aromatic rings. The first kappa shape index (κ1) is 22.6. The molecule has 6 heteroatoms. The molecule has 2 aromatic carbocycles. The van der Waals surface area contributed by atoms with Crippen molar-refractivity contribution in [3.8, 4) is 22.6 Å². The topological polar surface area (TPSA) is 88.9 Å². The minimum atomic E-state index is -0.254. The second kappa shape index (κ2) is 9.32. The van der Waals surface area contributed by atoms with Crippen LogP contribution in [0.3, 0.4) is 0 Å². The molecule has 0 bridgehead atoms. The summed E-state index contributed by atoms with van der Waals surface area (Å²) in [5.41, 5.74) is 4.55. The Hall–Kier alpha value is -4.84. The van der Waals surface area contributed by atoms with Gasteiger partial charge in [0.2, 0.25) is 0 Å². The Kier molecular flexibility index (Phi) is 5.69. The number of carbonyl (C=O) groups excluding carboxylic acids is 1. The second-order valence-electron chi connectivity index (χ2n) is 9.06. The average Bonchev–Trinajstić information content (AvgIpc) is 3.37. The monoisotopic (exact) mass is 485 g/mol. The smallest absolute Gasteiger partial charge is 0.191 e. The fraction of sp³-hybridized carbons (Fsp3) is 0.0968. The van der Waals surface area contributed by atoms with Gasteiger partial charge >= 0.3 is 0 Å². The predicted molar refractivity (Wildman–Crippen MR) is 145 cm³/mol. The number of aromatic amines is 1. The maximum Gasteiger partial charge on any atom is 0.191 e. The molecule has 4 heterocycles. The van der Waals surface area contributed by atoms with E-state index in [-0.39, 0.29) is 16.9 Å². The van der Waals surface area contributed by atoms with Gasteiger partial charge in [-0.2, -0.15) is 0 Å². The number of pyridine rings is 3. The summed E-state index contributed by atoms with van der Waals surface area (Å²) in [5, 5.41) is 1.39. The molecule has 0 unspecified atom stereocenters. The van der Waals surface area contributed by atoms with Crippen LogP contribution < -0.4 is 5.43 Å². The van der Waals surface area contributed by atoms with E-state index in [9.17, 15) is 9.59 Å². The highest BCUT2D eigenvalue weighted by molar-refractivity contribution is 5.97. The zero-order valence-electron chi connectivity index (χ0n) is 20.2. The van der Waals surface area contributed by atoms with E-state index in [0.29, 0.717) is 35.3 Å². The van der Waals surface area contributed by atoms with Gasteiger partial charge < -0.3 is 9.40 Å². The van der Waals surface area contributed by atoms with Crippen molar-refractivity contribution in [3.05, 3.63) is 118 Å². The molecular formula is C31H23N3O3. The van der Waals surface area contributed by atoms with E-state index in [1.165, 1.54) is 6.07 Å². The molecule has 0 amide bonds. The summed E-state index contributed by atoms with van der Waals surface area (Å²) in [6, 6.07) is 26.6. The number of rotatable bonds is 6. The van der Waals surface area contributed by atoms with Crippen LogP contribution in [0.25, 0.3) is 44.5 Å². The molecule has 0 aliphatic carbocycles. The highest BCUT2D eigenvalue weighted by Crippen LogP contribution is 2.34. The number of Topliss-reactive ketones (excluding diaryl/α,β-unsaturated/α-hetero) is 1. The molecule has 6 nitrogen and oxygen atoms in total. The number of fused-ring (bicyclic) bond motifs is 2. The van der Waals surface area contributed by atoms with Crippen molar-refractivity contribution in [2.45, 2.75) is 19.8 Å². The van der Waals surface area contributed by atoms with Gasteiger partial charge in [-0.1, -0.05) is 42.5 Å². The average molecular weight is 486 g/mol. The largest absolute Gasteiger partial charge is 0.460 e. The third-order valence-corrected chi connectivity index (χ3v) is 6.49. The molecule has 180 valence electrons. The van der Waals surface area contributed by atoms with Crippen molar-refractivity contribution < 1.29 is 9.21 Å². The number of aromatic nitrogens is 3. The zero-order valence-corrected chi connectivity index (χ0v) is 20.2. The lowest BCUT2D eigenvalue weighted by molar-refractivity contribution is 0.0978. The molecule has 37 heavy (non-hydrogen) atoms. The van der Waals surface area contributed by atoms with Crippen molar-refractivity contribution in [1.29, 1.82) is 0 Å². The van der Waals surface area contributed by atoms with Gasteiger partial charge in [-0.05, 0) is 60.9 Å². The van der Waals surface area contributed by atoms with Gasteiger partial charge in [0.15, 0.2) is 17.0 Å². The number of nitrogens with zero attached hydrogens (tertiary/aromatic N) is 2.